The number of nitrogens with zero attached hydrogens (tertiary/aromatic N) is 5. The summed E-state index contributed by atoms with van der Waals surface area (Å²) in [5.74, 6) is 3.47. The predicted molar refractivity (Wildman–Crippen MR) is 157 cm³/mol. The first-order valence-corrected chi connectivity index (χ1v) is 15.1. The van der Waals surface area contributed by atoms with E-state index in [1.807, 2.05) is 42.2 Å². The standard InChI is InChI=1S/C33H41N5O3/c1-23-27(20-35-30(36-23)24-11-12-24)32(39)37-18-13-26(14-19-37)38-17-7-15-33(2,3)22-40-28-9-4-5-10-29(28)41-31-25(21-38)8-6-16-34-31/h4-6,8-10,16,20,24,26H,7,11-15,17-19,21-22H2,1-3H3. The molecule has 3 aliphatic rings. The zero-order chi connectivity index (χ0) is 28.4. The molecule has 8 nitrogen and oxygen atoms in total. The third-order valence-electron chi connectivity index (χ3n) is 8.64. The second-order valence-electron chi connectivity index (χ2n) is 12.6. The number of hydrogen-bond acceptors (Lipinski definition) is 7. The van der Waals surface area contributed by atoms with Crippen molar-refractivity contribution < 1.29 is 14.3 Å². The van der Waals surface area contributed by atoms with Crippen LogP contribution in [0, 0.1) is 12.3 Å². The molecule has 1 aromatic carbocycles. The topological polar surface area (TPSA) is 80.7 Å². The molecule has 216 valence electrons. The lowest BCUT2D eigenvalue weighted by Crippen LogP contribution is -2.47. The van der Waals surface area contributed by atoms with Gasteiger partial charge < -0.3 is 14.4 Å². The second kappa shape index (κ2) is 11.8. The minimum Gasteiger partial charge on any atom is -0.489 e. The zero-order valence-electron chi connectivity index (χ0n) is 24.5. The van der Waals surface area contributed by atoms with Crippen LogP contribution in [0.3, 0.4) is 0 Å². The van der Waals surface area contributed by atoms with Crippen LogP contribution in [0.5, 0.6) is 17.4 Å². The van der Waals surface area contributed by atoms with E-state index < -0.39 is 0 Å². The Morgan fingerprint density at radius 2 is 1.76 bits per heavy atom. The van der Waals surface area contributed by atoms with E-state index >= 15 is 0 Å². The monoisotopic (exact) mass is 555 g/mol. The Morgan fingerprint density at radius 3 is 2.51 bits per heavy atom. The van der Waals surface area contributed by atoms with Gasteiger partial charge in [-0.15, -0.1) is 0 Å². The molecule has 1 saturated carbocycles. The SMILES string of the molecule is Cc1nc(C2CC2)ncc1C(=O)N1CCC(N2CCCC(C)(C)COc3ccccc3Oc3ncccc3C2)CC1. The molecule has 0 radical (unpaired) electrons. The summed E-state index contributed by atoms with van der Waals surface area (Å²) in [5, 5.41) is 0. The molecule has 8 heteroatoms. The van der Waals surface area contributed by atoms with Crippen molar-refractivity contribution in [3.63, 3.8) is 0 Å². The van der Waals surface area contributed by atoms with Crippen LogP contribution in [0.15, 0.2) is 48.8 Å². The first-order chi connectivity index (χ1) is 19.9. The molecule has 0 atom stereocenters. The highest BCUT2D eigenvalue weighted by Crippen LogP contribution is 2.38. The van der Waals surface area contributed by atoms with Crippen molar-refractivity contribution >= 4 is 5.91 Å². The van der Waals surface area contributed by atoms with Gasteiger partial charge in [0.2, 0.25) is 5.88 Å². The van der Waals surface area contributed by atoms with Crippen LogP contribution in [-0.4, -0.2) is 62.9 Å². The fourth-order valence-electron chi connectivity index (χ4n) is 5.95. The number of hydrogen-bond donors (Lipinski definition) is 0. The van der Waals surface area contributed by atoms with Crippen molar-refractivity contribution in [3.05, 3.63) is 71.4 Å². The molecule has 0 unspecified atom stereocenters. The number of carbonyl (C=O) groups excluding carboxylic acids is 1. The van der Waals surface area contributed by atoms with Crippen molar-refractivity contribution in [3.8, 4) is 17.4 Å². The summed E-state index contributed by atoms with van der Waals surface area (Å²) in [6, 6.07) is 12.3. The quantitative estimate of drug-likeness (QED) is 0.383. The summed E-state index contributed by atoms with van der Waals surface area (Å²) >= 11 is 0. The fourth-order valence-corrected chi connectivity index (χ4v) is 5.95. The molecule has 2 aromatic heterocycles. The lowest BCUT2D eigenvalue weighted by Gasteiger charge is -2.39. The Labute approximate surface area is 243 Å². The number of rotatable bonds is 3. The normalized spacial score (nSPS) is 20.3. The number of ether oxygens (including phenoxy) is 2. The van der Waals surface area contributed by atoms with E-state index in [0.29, 0.717) is 35.8 Å². The lowest BCUT2D eigenvalue weighted by atomic mass is 9.88. The summed E-state index contributed by atoms with van der Waals surface area (Å²) in [4.78, 5) is 31.7. The smallest absolute Gasteiger partial charge is 0.257 e. The predicted octanol–water partition coefficient (Wildman–Crippen LogP) is 6.16. The molecular formula is C33H41N5O3. The van der Waals surface area contributed by atoms with E-state index in [-0.39, 0.29) is 11.3 Å². The van der Waals surface area contributed by atoms with E-state index in [1.165, 1.54) is 0 Å². The number of fused-ring (bicyclic) bond motifs is 2. The van der Waals surface area contributed by atoms with Crippen molar-refractivity contribution in [1.82, 2.24) is 24.8 Å². The van der Waals surface area contributed by atoms with E-state index in [1.54, 1.807) is 12.4 Å². The Hall–Kier alpha value is -3.52. The highest BCUT2D eigenvalue weighted by atomic mass is 16.5. The maximum atomic E-state index is 13.4. The van der Waals surface area contributed by atoms with Gasteiger partial charge in [0.05, 0.1) is 17.9 Å². The van der Waals surface area contributed by atoms with Crippen LogP contribution in [0.25, 0.3) is 0 Å². The first-order valence-electron chi connectivity index (χ1n) is 15.1. The molecule has 0 spiro atoms. The van der Waals surface area contributed by atoms with Gasteiger partial charge >= 0.3 is 0 Å². The largest absolute Gasteiger partial charge is 0.489 e. The summed E-state index contributed by atoms with van der Waals surface area (Å²) in [6.45, 7) is 10.3. The van der Waals surface area contributed by atoms with Gasteiger partial charge in [-0.1, -0.05) is 32.0 Å². The molecule has 4 heterocycles. The summed E-state index contributed by atoms with van der Waals surface area (Å²) in [5.41, 5.74) is 2.52. The van der Waals surface area contributed by atoms with Crippen molar-refractivity contribution in [2.24, 2.45) is 5.41 Å². The van der Waals surface area contributed by atoms with Gasteiger partial charge in [0, 0.05) is 49.6 Å². The molecule has 41 heavy (non-hydrogen) atoms. The zero-order valence-corrected chi connectivity index (χ0v) is 24.5. The molecular weight excluding hydrogens is 514 g/mol. The Bertz CT molecular complexity index is 1380. The van der Waals surface area contributed by atoms with Gasteiger partial charge in [0.25, 0.3) is 5.91 Å². The molecule has 3 aromatic rings. The number of aromatic nitrogens is 3. The molecule has 1 saturated heterocycles. The van der Waals surface area contributed by atoms with Crippen molar-refractivity contribution in [2.45, 2.75) is 77.8 Å². The van der Waals surface area contributed by atoms with Gasteiger partial charge in [0.1, 0.15) is 5.82 Å². The minimum atomic E-state index is 0.0305. The summed E-state index contributed by atoms with van der Waals surface area (Å²) in [7, 11) is 0. The van der Waals surface area contributed by atoms with E-state index in [2.05, 4.69) is 39.8 Å². The van der Waals surface area contributed by atoms with Crippen LogP contribution >= 0.6 is 0 Å². The van der Waals surface area contributed by atoms with Gasteiger partial charge in [0.15, 0.2) is 11.5 Å². The number of amides is 1. The van der Waals surface area contributed by atoms with Crippen molar-refractivity contribution in [1.29, 1.82) is 0 Å². The molecule has 0 N–H and O–H groups in total. The fraction of sp³-hybridized carbons (Fsp3) is 0.515. The Balaban J connectivity index is 1.18. The summed E-state index contributed by atoms with van der Waals surface area (Å²) in [6.07, 6.45) is 9.81. The number of aryl methyl sites for hydroxylation is 1. The molecule has 1 aliphatic carbocycles. The second-order valence-corrected chi connectivity index (χ2v) is 12.6. The number of likely N-dealkylation sites (tertiary alicyclic amines) is 1. The highest BCUT2D eigenvalue weighted by Gasteiger charge is 2.31. The molecule has 1 amide bonds. The van der Waals surface area contributed by atoms with Crippen molar-refractivity contribution in [2.75, 3.05) is 26.2 Å². The van der Waals surface area contributed by atoms with Crippen LogP contribution in [0.4, 0.5) is 0 Å². The lowest BCUT2D eigenvalue weighted by molar-refractivity contribution is 0.0593. The average Bonchev–Trinajstić information content (AvgIpc) is 3.82. The molecule has 6 rings (SSSR count). The third kappa shape index (κ3) is 6.53. The van der Waals surface area contributed by atoms with Crippen LogP contribution in [0.1, 0.15) is 85.7 Å². The molecule has 2 aliphatic heterocycles. The van der Waals surface area contributed by atoms with Gasteiger partial charge in [-0.2, -0.15) is 0 Å². The van der Waals surface area contributed by atoms with E-state index in [0.717, 1.165) is 87.5 Å². The number of carbonyl (C=O) groups is 1. The van der Waals surface area contributed by atoms with Gasteiger partial charge in [-0.25, -0.2) is 15.0 Å². The van der Waals surface area contributed by atoms with Crippen LogP contribution in [0.2, 0.25) is 0 Å². The van der Waals surface area contributed by atoms with Crippen LogP contribution in [-0.2, 0) is 6.54 Å². The Morgan fingerprint density at radius 1 is 0.976 bits per heavy atom. The number of piperidine rings is 1. The van der Waals surface area contributed by atoms with Gasteiger partial charge in [-0.3, -0.25) is 9.69 Å². The molecule has 2 fully saturated rings. The van der Waals surface area contributed by atoms with Gasteiger partial charge in [-0.05, 0) is 75.6 Å². The number of pyridine rings is 1. The molecule has 0 bridgehead atoms. The third-order valence-corrected chi connectivity index (χ3v) is 8.64. The highest BCUT2D eigenvalue weighted by molar-refractivity contribution is 5.95. The number of para-hydroxylation sites is 2. The van der Waals surface area contributed by atoms with E-state index in [4.69, 9.17) is 9.47 Å². The Kier molecular flexibility index (Phi) is 7.93. The van der Waals surface area contributed by atoms with Crippen LogP contribution < -0.4 is 9.47 Å². The maximum absolute atomic E-state index is 13.4. The summed E-state index contributed by atoms with van der Waals surface area (Å²) < 4.78 is 12.6. The minimum absolute atomic E-state index is 0.0305. The average molecular weight is 556 g/mol. The number of benzene rings is 1. The first kappa shape index (κ1) is 27.6. The van der Waals surface area contributed by atoms with E-state index in [9.17, 15) is 4.79 Å². The maximum Gasteiger partial charge on any atom is 0.257 e.